The molecular formula is C14H20O2S. The van der Waals surface area contributed by atoms with Crippen LogP contribution in [0.1, 0.15) is 38.2 Å². The van der Waals surface area contributed by atoms with Crippen molar-refractivity contribution in [3.63, 3.8) is 0 Å². The van der Waals surface area contributed by atoms with Gasteiger partial charge in [-0.3, -0.25) is 0 Å². The number of hydrogen-bond donors (Lipinski definition) is 0. The van der Waals surface area contributed by atoms with Gasteiger partial charge in [-0.05, 0) is 36.5 Å². The Morgan fingerprint density at radius 3 is 2.71 bits per heavy atom. The zero-order chi connectivity index (χ0) is 12.9. The lowest BCUT2D eigenvalue weighted by Crippen LogP contribution is -2.06. The Balaban J connectivity index is 3.05. The van der Waals surface area contributed by atoms with Crippen LogP contribution in [0.25, 0.3) is 0 Å². The van der Waals surface area contributed by atoms with Crippen LogP contribution in [0, 0.1) is 0 Å². The number of rotatable bonds is 6. The van der Waals surface area contributed by atoms with Gasteiger partial charge >= 0.3 is 0 Å². The molecule has 0 bridgehead atoms. The summed E-state index contributed by atoms with van der Waals surface area (Å²) in [5.74, 6) is 0.524. The van der Waals surface area contributed by atoms with Gasteiger partial charge in [0.25, 0.3) is 0 Å². The third-order valence-corrected chi connectivity index (χ3v) is 4.70. The van der Waals surface area contributed by atoms with Crippen molar-refractivity contribution in [3.8, 4) is 0 Å². The van der Waals surface area contributed by atoms with Crippen LogP contribution in [0.4, 0.5) is 0 Å². The molecule has 0 heterocycles. The van der Waals surface area contributed by atoms with E-state index in [9.17, 15) is 8.42 Å². The van der Waals surface area contributed by atoms with Crippen LogP contribution in [0.3, 0.4) is 0 Å². The maximum Gasteiger partial charge on any atom is 0.178 e. The first kappa shape index (κ1) is 14.0. The van der Waals surface area contributed by atoms with E-state index < -0.39 is 9.84 Å². The van der Waals surface area contributed by atoms with Crippen LogP contribution >= 0.6 is 0 Å². The first-order chi connectivity index (χ1) is 8.01. The molecule has 0 saturated heterocycles. The van der Waals surface area contributed by atoms with Gasteiger partial charge in [0.05, 0.1) is 10.6 Å². The average Bonchev–Trinajstić information content (AvgIpc) is 2.29. The smallest absolute Gasteiger partial charge is 0.178 e. The third kappa shape index (κ3) is 3.70. The molecule has 17 heavy (non-hydrogen) atoms. The highest BCUT2D eigenvalue weighted by molar-refractivity contribution is 7.91. The van der Waals surface area contributed by atoms with E-state index in [-0.39, 0.29) is 5.75 Å². The average molecular weight is 252 g/mol. The van der Waals surface area contributed by atoms with E-state index in [1.54, 1.807) is 12.1 Å². The van der Waals surface area contributed by atoms with Crippen molar-refractivity contribution in [1.82, 2.24) is 0 Å². The fraction of sp³-hybridized carbons (Fsp3) is 0.429. The Kier molecular flexibility index (Phi) is 4.94. The molecule has 1 aromatic rings. The summed E-state index contributed by atoms with van der Waals surface area (Å²) in [4.78, 5) is 0.438. The summed E-state index contributed by atoms with van der Waals surface area (Å²) in [7, 11) is -3.11. The standard InChI is InChI=1S/C14H20O2S/c1-4-7-12(3)13-8-6-9-14(11-13)17(15,16)10-5-2/h4,6,8-9,11-12H,1,5,7,10H2,2-3H3. The van der Waals surface area contributed by atoms with Crippen molar-refractivity contribution in [2.75, 3.05) is 5.75 Å². The molecule has 0 saturated carbocycles. The van der Waals surface area contributed by atoms with Crippen molar-refractivity contribution >= 4 is 9.84 Å². The normalized spacial score (nSPS) is 13.3. The van der Waals surface area contributed by atoms with Gasteiger partial charge in [-0.25, -0.2) is 8.42 Å². The van der Waals surface area contributed by atoms with Crippen molar-refractivity contribution in [3.05, 3.63) is 42.5 Å². The summed E-state index contributed by atoms with van der Waals surface area (Å²) in [6.45, 7) is 7.66. The monoisotopic (exact) mass is 252 g/mol. The zero-order valence-corrected chi connectivity index (χ0v) is 11.3. The van der Waals surface area contributed by atoms with Crippen LogP contribution in [0.5, 0.6) is 0 Å². The van der Waals surface area contributed by atoms with E-state index in [1.165, 1.54) is 0 Å². The van der Waals surface area contributed by atoms with Crippen LogP contribution in [-0.2, 0) is 9.84 Å². The van der Waals surface area contributed by atoms with E-state index in [0.717, 1.165) is 12.0 Å². The Morgan fingerprint density at radius 2 is 2.12 bits per heavy atom. The van der Waals surface area contributed by atoms with E-state index in [1.807, 2.05) is 25.1 Å². The minimum Gasteiger partial charge on any atom is -0.224 e. The number of hydrogen-bond acceptors (Lipinski definition) is 2. The van der Waals surface area contributed by atoms with Crippen LogP contribution < -0.4 is 0 Å². The van der Waals surface area contributed by atoms with Crippen LogP contribution in [-0.4, -0.2) is 14.2 Å². The van der Waals surface area contributed by atoms with Gasteiger partial charge in [-0.1, -0.05) is 32.1 Å². The van der Waals surface area contributed by atoms with Crippen molar-refractivity contribution in [2.45, 2.75) is 37.5 Å². The molecule has 0 aromatic heterocycles. The van der Waals surface area contributed by atoms with Crippen LogP contribution in [0.15, 0.2) is 41.8 Å². The van der Waals surface area contributed by atoms with Crippen molar-refractivity contribution < 1.29 is 8.42 Å². The maximum atomic E-state index is 11.9. The Bertz CT molecular complexity index is 475. The lowest BCUT2D eigenvalue weighted by atomic mass is 9.98. The van der Waals surface area contributed by atoms with Crippen LogP contribution in [0.2, 0.25) is 0 Å². The molecule has 1 unspecified atom stereocenters. The van der Waals surface area contributed by atoms with Gasteiger partial charge in [-0.2, -0.15) is 0 Å². The molecule has 0 spiro atoms. The number of allylic oxidation sites excluding steroid dienone is 1. The lowest BCUT2D eigenvalue weighted by Gasteiger charge is -2.11. The van der Waals surface area contributed by atoms with E-state index >= 15 is 0 Å². The van der Waals surface area contributed by atoms with Gasteiger partial charge in [-0.15, -0.1) is 6.58 Å². The van der Waals surface area contributed by atoms with Gasteiger partial charge in [0.15, 0.2) is 9.84 Å². The van der Waals surface area contributed by atoms with E-state index in [2.05, 4.69) is 13.5 Å². The van der Waals surface area contributed by atoms with E-state index in [4.69, 9.17) is 0 Å². The Labute approximate surface area is 104 Å². The van der Waals surface area contributed by atoms with Crippen molar-refractivity contribution in [1.29, 1.82) is 0 Å². The van der Waals surface area contributed by atoms with Gasteiger partial charge < -0.3 is 0 Å². The number of benzene rings is 1. The summed E-state index contributed by atoms with van der Waals surface area (Å²) in [5.41, 5.74) is 1.06. The second-order valence-corrected chi connectivity index (χ2v) is 6.43. The lowest BCUT2D eigenvalue weighted by molar-refractivity contribution is 0.594. The molecule has 0 amide bonds. The largest absolute Gasteiger partial charge is 0.224 e. The second-order valence-electron chi connectivity index (χ2n) is 4.32. The minimum atomic E-state index is -3.11. The fourth-order valence-electron chi connectivity index (χ4n) is 1.79. The highest BCUT2D eigenvalue weighted by atomic mass is 32.2. The molecule has 1 atom stereocenters. The molecule has 94 valence electrons. The van der Waals surface area contributed by atoms with Gasteiger partial charge in [0, 0.05) is 0 Å². The Morgan fingerprint density at radius 1 is 1.41 bits per heavy atom. The first-order valence-corrected chi connectivity index (χ1v) is 7.60. The quantitative estimate of drug-likeness (QED) is 0.726. The second kappa shape index (κ2) is 6.01. The third-order valence-electron chi connectivity index (χ3n) is 2.78. The molecule has 0 fully saturated rings. The predicted molar refractivity (Wildman–Crippen MR) is 72.0 cm³/mol. The fourth-order valence-corrected chi connectivity index (χ4v) is 3.16. The summed E-state index contributed by atoms with van der Waals surface area (Å²) in [6, 6.07) is 7.25. The van der Waals surface area contributed by atoms with Crippen molar-refractivity contribution in [2.24, 2.45) is 0 Å². The zero-order valence-electron chi connectivity index (χ0n) is 10.5. The summed E-state index contributed by atoms with van der Waals surface area (Å²) < 4.78 is 23.9. The summed E-state index contributed by atoms with van der Waals surface area (Å²) in [5, 5.41) is 0. The topological polar surface area (TPSA) is 34.1 Å². The maximum absolute atomic E-state index is 11.9. The molecular weight excluding hydrogens is 232 g/mol. The molecule has 1 aromatic carbocycles. The van der Waals surface area contributed by atoms with E-state index in [0.29, 0.717) is 17.2 Å². The molecule has 0 radical (unpaired) electrons. The highest BCUT2D eigenvalue weighted by Gasteiger charge is 2.14. The molecule has 0 aliphatic heterocycles. The molecule has 3 heteroatoms. The highest BCUT2D eigenvalue weighted by Crippen LogP contribution is 2.22. The molecule has 2 nitrogen and oxygen atoms in total. The molecule has 0 N–H and O–H groups in total. The van der Waals surface area contributed by atoms with Gasteiger partial charge in [0.2, 0.25) is 0 Å². The number of sulfone groups is 1. The molecule has 1 rings (SSSR count). The van der Waals surface area contributed by atoms with Gasteiger partial charge in [0.1, 0.15) is 0 Å². The summed E-state index contributed by atoms with van der Waals surface area (Å²) >= 11 is 0. The SMILES string of the molecule is C=CCC(C)c1cccc(S(=O)(=O)CCC)c1. The molecule has 0 aliphatic rings. The predicted octanol–water partition coefficient (Wildman–Crippen LogP) is 3.55. The Hall–Kier alpha value is -1.09. The first-order valence-electron chi connectivity index (χ1n) is 5.95. The summed E-state index contributed by atoms with van der Waals surface area (Å²) in [6.07, 6.45) is 3.37. The molecule has 0 aliphatic carbocycles. The minimum absolute atomic E-state index is 0.215.